The minimum Gasteiger partial charge on any atom is -0.387 e. The van der Waals surface area contributed by atoms with Crippen LogP contribution in [0.1, 0.15) is 32.1 Å². The van der Waals surface area contributed by atoms with Crippen LogP contribution in [0.15, 0.2) is 0 Å². The molecular weight excluding hydrogens is 202 g/mol. The first-order valence-corrected chi connectivity index (χ1v) is 6.43. The van der Waals surface area contributed by atoms with Crippen LogP contribution in [-0.2, 0) is 4.74 Å². The lowest BCUT2D eigenvalue weighted by Gasteiger charge is -2.35. The Morgan fingerprint density at radius 1 is 1.31 bits per heavy atom. The zero-order chi connectivity index (χ0) is 11.4. The van der Waals surface area contributed by atoms with Crippen molar-refractivity contribution in [1.82, 2.24) is 4.90 Å². The minimum absolute atomic E-state index is 0.275. The second-order valence-corrected chi connectivity index (χ2v) is 5.04. The molecule has 0 aromatic carbocycles. The van der Waals surface area contributed by atoms with Crippen LogP contribution in [0.2, 0.25) is 0 Å². The first-order valence-electron chi connectivity index (χ1n) is 6.43. The molecule has 0 spiro atoms. The molecule has 2 rings (SSSR count). The largest absolute Gasteiger partial charge is 0.387 e. The minimum atomic E-state index is 0.275. The van der Waals surface area contributed by atoms with Gasteiger partial charge in [0.1, 0.15) is 0 Å². The molecule has 16 heavy (non-hydrogen) atoms. The Labute approximate surface area is 97.6 Å². The number of ether oxygens (including phenoxy) is 1. The van der Waals surface area contributed by atoms with Gasteiger partial charge < -0.3 is 15.4 Å². The number of nitrogens with one attached hydrogen (secondary N) is 1. The van der Waals surface area contributed by atoms with E-state index in [1.165, 1.54) is 19.3 Å². The molecule has 2 aliphatic heterocycles. The van der Waals surface area contributed by atoms with Crippen molar-refractivity contribution in [1.29, 1.82) is 5.41 Å². The molecule has 3 N–H and O–H groups in total. The zero-order valence-electron chi connectivity index (χ0n) is 9.95. The van der Waals surface area contributed by atoms with E-state index >= 15 is 0 Å². The molecular formula is C12H23N3O. The van der Waals surface area contributed by atoms with E-state index in [1.54, 1.807) is 0 Å². The third-order valence-electron chi connectivity index (χ3n) is 3.68. The average Bonchev–Trinajstić information content (AvgIpc) is 2.30. The number of likely N-dealkylation sites (tertiary alicyclic amines) is 1. The molecule has 0 aromatic heterocycles. The van der Waals surface area contributed by atoms with Gasteiger partial charge in [-0.15, -0.1) is 0 Å². The highest BCUT2D eigenvalue weighted by Gasteiger charge is 2.24. The molecule has 2 unspecified atom stereocenters. The standard InChI is InChI=1S/C12H23N3O/c13-12(14)10-4-3-6-15(8-10)9-11-5-1-2-7-16-11/h10-11H,1-9H2,(H3,13,14). The summed E-state index contributed by atoms with van der Waals surface area (Å²) in [6.07, 6.45) is 6.37. The highest BCUT2D eigenvalue weighted by Crippen LogP contribution is 2.19. The summed E-state index contributed by atoms with van der Waals surface area (Å²) in [6, 6.07) is 0. The van der Waals surface area contributed by atoms with Crippen LogP contribution in [0.4, 0.5) is 0 Å². The summed E-state index contributed by atoms with van der Waals surface area (Å²) in [5, 5.41) is 7.52. The van der Waals surface area contributed by atoms with Crippen molar-refractivity contribution in [3.05, 3.63) is 0 Å². The number of amidine groups is 1. The van der Waals surface area contributed by atoms with Gasteiger partial charge in [-0.05, 0) is 38.6 Å². The molecule has 2 aliphatic rings. The van der Waals surface area contributed by atoms with Crippen molar-refractivity contribution in [3.8, 4) is 0 Å². The van der Waals surface area contributed by atoms with Gasteiger partial charge in [0.05, 0.1) is 11.9 Å². The second-order valence-electron chi connectivity index (χ2n) is 5.04. The number of rotatable bonds is 3. The first kappa shape index (κ1) is 11.9. The van der Waals surface area contributed by atoms with Crippen LogP contribution >= 0.6 is 0 Å². The van der Waals surface area contributed by atoms with Crippen LogP contribution in [-0.4, -0.2) is 43.1 Å². The van der Waals surface area contributed by atoms with E-state index in [-0.39, 0.29) is 5.92 Å². The molecule has 2 saturated heterocycles. The fraction of sp³-hybridized carbons (Fsp3) is 0.917. The third-order valence-corrected chi connectivity index (χ3v) is 3.68. The molecule has 0 amide bonds. The third kappa shape index (κ3) is 3.19. The Bertz CT molecular complexity index is 238. The Morgan fingerprint density at radius 2 is 2.19 bits per heavy atom. The van der Waals surface area contributed by atoms with Gasteiger partial charge in [-0.25, -0.2) is 0 Å². The van der Waals surface area contributed by atoms with Crippen molar-refractivity contribution in [2.24, 2.45) is 11.7 Å². The summed E-state index contributed by atoms with van der Waals surface area (Å²) in [7, 11) is 0. The van der Waals surface area contributed by atoms with Crippen LogP contribution in [0.5, 0.6) is 0 Å². The van der Waals surface area contributed by atoms with Crippen molar-refractivity contribution < 1.29 is 4.74 Å². The number of hydrogen-bond acceptors (Lipinski definition) is 3. The lowest BCUT2D eigenvalue weighted by atomic mass is 9.96. The molecule has 0 radical (unpaired) electrons. The molecule has 0 bridgehead atoms. The van der Waals surface area contributed by atoms with Gasteiger partial charge >= 0.3 is 0 Å². The zero-order valence-corrected chi connectivity index (χ0v) is 9.95. The van der Waals surface area contributed by atoms with E-state index in [0.29, 0.717) is 11.9 Å². The van der Waals surface area contributed by atoms with Crippen LogP contribution in [0.3, 0.4) is 0 Å². The first-order chi connectivity index (χ1) is 7.75. The molecule has 92 valence electrons. The maximum atomic E-state index is 7.52. The van der Waals surface area contributed by atoms with E-state index in [9.17, 15) is 0 Å². The number of nitrogens with zero attached hydrogens (tertiary/aromatic N) is 1. The van der Waals surface area contributed by atoms with Crippen molar-refractivity contribution in [3.63, 3.8) is 0 Å². The Morgan fingerprint density at radius 3 is 2.88 bits per heavy atom. The summed E-state index contributed by atoms with van der Waals surface area (Å²) in [4.78, 5) is 2.42. The summed E-state index contributed by atoms with van der Waals surface area (Å²) in [6.45, 7) is 4.05. The predicted octanol–water partition coefficient (Wildman–Crippen LogP) is 1.20. The molecule has 0 saturated carbocycles. The van der Waals surface area contributed by atoms with Gasteiger partial charge in [-0.2, -0.15) is 0 Å². The van der Waals surface area contributed by atoms with E-state index in [4.69, 9.17) is 15.9 Å². The topological polar surface area (TPSA) is 62.3 Å². The van der Waals surface area contributed by atoms with E-state index < -0.39 is 0 Å². The fourth-order valence-electron chi connectivity index (χ4n) is 2.71. The van der Waals surface area contributed by atoms with E-state index in [2.05, 4.69) is 4.90 Å². The Hall–Kier alpha value is -0.610. The SMILES string of the molecule is N=C(N)C1CCCN(CC2CCCCO2)C1. The highest BCUT2D eigenvalue weighted by atomic mass is 16.5. The van der Waals surface area contributed by atoms with Gasteiger partial charge in [0.2, 0.25) is 0 Å². The Balaban J connectivity index is 1.78. The predicted molar refractivity (Wildman–Crippen MR) is 64.7 cm³/mol. The Kier molecular flexibility index (Phi) is 4.18. The summed E-state index contributed by atoms with van der Waals surface area (Å²) in [5.41, 5.74) is 5.59. The van der Waals surface area contributed by atoms with Gasteiger partial charge in [0.25, 0.3) is 0 Å². The average molecular weight is 225 g/mol. The lowest BCUT2D eigenvalue weighted by Crippen LogP contribution is -2.44. The molecule has 2 atom stereocenters. The summed E-state index contributed by atoms with van der Waals surface area (Å²) in [5.74, 6) is 0.631. The highest BCUT2D eigenvalue weighted by molar-refractivity contribution is 5.79. The second kappa shape index (κ2) is 5.64. The van der Waals surface area contributed by atoms with E-state index in [0.717, 1.165) is 39.1 Å². The number of piperidine rings is 1. The van der Waals surface area contributed by atoms with Crippen LogP contribution in [0, 0.1) is 11.3 Å². The van der Waals surface area contributed by atoms with Crippen molar-refractivity contribution in [2.75, 3.05) is 26.2 Å². The summed E-state index contributed by atoms with van der Waals surface area (Å²) >= 11 is 0. The van der Waals surface area contributed by atoms with E-state index in [1.807, 2.05) is 0 Å². The van der Waals surface area contributed by atoms with Crippen molar-refractivity contribution in [2.45, 2.75) is 38.2 Å². The van der Waals surface area contributed by atoms with Gasteiger partial charge in [-0.1, -0.05) is 0 Å². The maximum absolute atomic E-state index is 7.52. The molecule has 0 aromatic rings. The molecule has 2 fully saturated rings. The van der Waals surface area contributed by atoms with Crippen LogP contribution < -0.4 is 5.73 Å². The number of nitrogens with two attached hydrogens (primary N) is 1. The smallest absolute Gasteiger partial charge is 0.0949 e. The van der Waals surface area contributed by atoms with Gasteiger partial charge in [0, 0.05) is 25.6 Å². The number of hydrogen-bond donors (Lipinski definition) is 2. The quantitative estimate of drug-likeness (QED) is 0.560. The molecule has 2 heterocycles. The van der Waals surface area contributed by atoms with Gasteiger partial charge in [-0.3, -0.25) is 5.41 Å². The normalized spacial score (nSPS) is 32.5. The van der Waals surface area contributed by atoms with Crippen molar-refractivity contribution >= 4 is 5.84 Å². The maximum Gasteiger partial charge on any atom is 0.0949 e. The van der Waals surface area contributed by atoms with Gasteiger partial charge in [0.15, 0.2) is 0 Å². The lowest BCUT2D eigenvalue weighted by molar-refractivity contribution is -0.0105. The molecule has 0 aliphatic carbocycles. The van der Waals surface area contributed by atoms with Crippen LogP contribution in [0.25, 0.3) is 0 Å². The molecule has 4 nitrogen and oxygen atoms in total. The summed E-state index contributed by atoms with van der Waals surface area (Å²) < 4.78 is 5.75. The monoisotopic (exact) mass is 225 g/mol. The molecule has 4 heteroatoms. The fourth-order valence-corrected chi connectivity index (χ4v) is 2.71.